The highest BCUT2D eigenvalue weighted by Gasteiger charge is 2.29. The van der Waals surface area contributed by atoms with Crippen LogP contribution in [0.5, 0.6) is 11.5 Å². The van der Waals surface area contributed by atoms with Gasteiger partial charge in [-0.2, -0.15) is 13.2 Å². The predicted octanol–water partition coefficient (Wildman–Crippen LogP) is 2.90. The molecule has 2 rings (SSSR count). The molecule has 0 bridgehead atoms. The molecule has 0 saturated heterocycles. The van der Waals surface area contributed by atoms with Gasteiger partial charge in [0, 0.05) is 19.8 Å². The molecule has 0 atom stereocenters. The van der Waals surface area contributed by atoms with E-state index in [-0.39, 0.29) is 11.5 Å². The summed E-state index contributed by atoms with van der Waals surface area (Å²) in [5.41, 5.74) is 1.67. The summed E-state index contributed by atoms with van der Waals surface area (Å²) in [6, 6.07) is 10.4. The topological polar surface area (TPSA) is 67.8 Å². The van der Waals surface area contributed by atoms with Gasteiger partial charge in [-0.1, -0.05) is 12.1 Å². The maximum atomic E-state index is 12.3. The van der Waals surface area contributed by atoms with E-state index in [9.17, 15) is 13.2 Å². The van der Waals surface area contributed by atoms with Gasteiger partial charge in [0.2, 0.25) is 0 Å². The first-order valence-corrected chi connectivity index (χ1v) is 8.12. The SMILES string of the molecule is CN=C(NCc1ccc(OCC(F)(F)F)c(OC)c1)NCc1ccccn1. The first-order chi connectivity index (χ1) is 12.9. The van der Waals surface area contributed by atoms with E-state index in [1.54, 1.807) is 25.4 Å². The molecular formula is C18H21F3N4O2. The van der Waals surface area contributed by atoms with Crippen LogP contribution < -0.4 is 20.1 Å². The van der Waals surface area contributed by atoms with E-state index in [0.29, 0.717) is 19.0 Å². The number of pyridine rings is 1. The van der Waals surface area contributed by atoms with Gasteiger partial charge in [0.1, 0.15) is 0 Å². The summed E-state index contributed by atoms with van der Waals surface area (Å²) in [6.45, 7) is -0.461. The highest BCUT2D eigenvalue weighted by molar-refractivity contribution is 5.79. The molecule has 0 radical (unpaired) electrons. The van der Waals surface area contributed by atoms with Crippen molar-refractivity contribution in [2.24, 2.45) is 4.99 Å². The maximum absolute atomic E-state index is 12.3. The molecule has 0 aliphatic rings. The van der Waals surface area contributed by atoms with Crippen molar-refractivity contribution in [1.29, 1.82) is 0 Å². The molecule has 27 heavy (non-hydrogen) atoms. The van der Waals surface area contributed by atoms with E-state index >= 15 is 0 Å². The van der Waals surface area contributed by atoms with Crippen LogP contribution in [0.15, 0.2) is 47.6 Å². The minimum absolute atomic E-state index is 0.0382. The lowest BCUT2D eigenvalue weighted by Crippen LogP contribution is -2.36. The van der Waals surface area contributed by atoms with Gasteiger partial charge < -0.3 is 20.1 Å². The van der Waals surface area contributed by atoms with E-state index in [4.69, 9.17) is 9.47 Å². The van der Waals surface area contributed by atoms with Crippen molar-refractivity contribution in [3.63, 3.8) is 0 Å². The minimum Gasteiger partial charge on any atom is -0.493 e. The summed E-state index contributed by atoms with van der Waals surface area (Å²) in [5.74, 6) is 0.836. The van der Waals surface area contributed by atoms with E-state index in [1.165, 1.54) is 13.2 Å². The second-order valence-corrected chi connectivity index (χ2v) is 5.49. The highest BCUT2D eigenvalue weighted by Crippen LogP contribution is 2.29. The van der Waals surface area contributed by atoms with E-state index in [1.807, 2.05) is 18.2 Å². The summed E-state index contributed by atoms with van der Waals surface area (Å²) in [4.78, 5) is 8.34. The fourth-order valence-corrected chi connectivity index (χ4v) is 2.18. The van der Waals surface area contributed by atoms with Crippen LogP contribution in [0.1, 0.15) is 11.3 Å². The van der Waals surface area contributed by atoms with Gasteiger partial charge in [-0.25, -0.2) is 0 Å². The lowest BCUT2D eigenvalue weighted by molar-refractivity contribution is -0.153. The van der Waals surface area contributed by atoms with Crippen LogP contribution in [0.4, 0.5) is 13.2 Å². The van der Waals surface area contributed by atoms with Crippen molar-refractivity contribution in [2.45, 2.75) is 19.3 Å². The molecule has 0 spiro atoms. The minimum atomic E-state index is -4.41. The maximum Gasteiger partial charge on any atom is 0.422 e. The van der Waals surface area contributed by atoms with Crippen molar-refractivity contribution < 1.29 is 22.6 Å². The van der Waals surface area contributed by atoms with Crippen molar-refractivity contribution in [3.8, 4) is 11.5 Å². The molecule has 0 aliphatic heterocycles. The molecule has 146 valence electrons. The Balaban J connectivity index is 1.92. The Hall–Kier alpha value is -2.97. The Labute approximate surface area is 155 Å². The Bertz CT molecular complexity index is 752. The molecule has 2 aromatic rings. The molecular weight excluding hydrogens is 361 g/mol. The molecule has 2 N–H and O–H groups in total. The quantitative estimate of drug-likeness (QED) is 0.569. The number of rotatable bonds is 7. The number of hydrogen-bond donors (Lipinski definition) is 2. The number of aromatic nitrogens is 1. The second-order valence-electron chi connectivity index (χ2n) is 5.49. The second kappa shape index (κ2) is 9.65. The summed E-state index contributed by atoms with van der Waals surface area (Å²) in [5, 5.41) is 6.25. The van der Waals surface area contributed by atoms with E-state index in [2.05, 4.69) is 20.6 Å². The lowest BCUT2D eigenvalue weighted by atomic mass is 10.2. The van der Waals surface area contributed by atoms with Crippen LogP contribution in [0.2, 0.25) is 0 Å². The van der Waals surface area contributed by atoms with Crippen LogP contribution >= 0.6 is 0 Å². The first kappa shape index (κ1) is 20.3. The smallest absolute Gasteiger partial charge is 0.422 e. The summed E-state index contributed by atoms with van der Waals surface area (Å²) in [7, 11) is 3.02. The number of ether oxygens (including phenoxy) is 2. The number of hydrogen-bond acceptors (Lipinski definition) is 4. The third-order valence-electron chi connectivity index (χ3n) is 3.47. The monoisotopic (exact) mass is 382 g/mol. The lowest BCUT2D eigenvalue weighted by Gasteiger charge is -2.15. The molecule has 0 amide bonds. The van der Waals surface area contributed by atoms with Gasteiger partial charge in [-0.3, -0.25) is 9.98 Å². The number of methoxy groups -OCH3 is 1. The summed E-state index contributed by atoms with van der Waals surface area (Å²) in [6.07, 6.45) is -2.70. The Kier molecular flexibility index (Phi) is 7.27. The van der Waals surface area contributed by atoms with Gasteiger partial charge in [0.05, 0.1) is 19.3 Å². The van der Waals surface area contributed by atoms with Crippen LogP contribution in [0, 0.1) is 0 Å². The molecule has 0 aliphatic carbocycles. The number of guanidine groups is 1. The average Bonchev–Trinajstić information content (AvgIpc) is 2.67. The van der Waals surface area contributed by atoms with Crippen molar-refractivity contribution in [1.82, 2.24) is 15.6 Å². The fourth-order valence-electron chi connectivity index (χ4n) is 2.18. The molecule has 6 nitrogen and oxygen atoms in total. The Morgan fingerprint density at radius 3 is 2.52 bits per heavy atom. The van der Waals surface area contributed by atoms with Crippen molar-refractivity contribution in [2.75, 3.05) is 20.8 Å². The van der Waals surface area contributed by atoms with Crippen LogP contribution in [-0.4, -0.2) is 37.9 Å². The Morgan fingerprint density at radius 1 is 1.11 bits per heavy atom. The Morgan fingerprint density at radius 2 is 1.89 bits per heavy atom. The van der Waals surface area contributed by atoms with Gasteiger partial charge >= 0.3 is 6.18 Å². The molecule has 0 fully saturated rings. The molecule has 1 aromatic heterocycles. The summed E-state index contributed by atoms with van der Waals surface area (Å²) < 4.78 is 46.8. The van der Waals surface area contributed by atoms with Crippen molar-refractivity contribution in [3.05, 3.63) is 53.9 Å². The average molecular weight is 382 g/mol. The van der Waals surface area contributed by atoms with Gasteiger partial charge in [-0.05, 0) is 29.8 Å². The van der Waals surface area contributed by atoms with Gasteiger partial charge in [-0.15, -0.1) is 0 Å². The number of alkyl halides is 3. The highest BCUT2D eigenvalue weighted by atomic mass is 19.4. The molecule has 0 unspecified atom stereocenters. The largest absolute Gasteiger partial charge is 0.493 e. The van der Waals surface area contributed by atoms with Gasteiger partial charge in [0.15, 0.2) is 24.1 Å². The summed E-state index contributed by atoms with van der Waals surface area (Å²) >= 11 is 0. The number of halogens is 3. The zero-order valence-corrected chi connectivity index (χ0v) is 15.0. The fraction of sp³-hybridized carbons (Fsp3) is 0.333. The van der Waals surface area contributed by atoms with Crippen LogP contribution in [0.25, 0.3) is 0 Å². The van der Waals surface area contributed by atoms with E-state index < -0.39 is 12.8 Å². The third-order valence-corrected chi connectivity index (χ3v) is 3.47. The van der Waals surface area contributed by atoms with Gasteiger partial charge in [0.25, 0.3) is 0 Å². The number of benzene rings is 1. The molecule has 0 saturated carbocycles. The first-order valence-electron chi connectivity index (χ1n) is 8.12. The third kappa shape index (κ3) is 7.04. The molecule has 1 aromatic carbocycles. The number of aliphatic imine (C=N–C) groups is 1. The van der Waals surface area contributed by atoms with Crippen molar-refractivity contribution >= 4 is 5.96 Å². The predicted molar refractivity (Wildman–Crippen MR) is 95.8 cm³/mol. The number of nitrogens with zero attached hydrogens (tertiary/aromatic N) is 2. The zero-order valence-electron chi connectivity index (χ0n) is 15.0. The van der Waals surface area contributed by atoms with Crippen LogP contribution in [-0.2, 0) is 13.1 Å². The normalized spacial score (nSPS) is 11.8. The standard InChI is InChI=1S/C18H21F3N4O2/c1-22-17(25-11-14-5-3-4-8-23-14)24-10-13-6-7-15(16(9-13)26-2)27-12-18(19,20)21/h3-9H,10-12H2,1-2H3,(H2,22,24,25). The number of nitrogens with one attached hydrogen (secondary N) is 2. The van der Waals surface area contributed by atoms with E-state index in [0.717, 1.165) is 11.3 Å². The zero-order chi connectivity index (χ0) is 19.7. The molecule has 1 heterocycles. The van der Waals surface area contributed by atoms with Crippen LogP contribution in [0.3, 0.4) is 0 Å². The molecule has 9 heteroatoms.